The fourth-order valence-electron chi connectivity index (χ4n) is 3.90. The standard InChI is InChI=1S/C24H24N4O6/c1-24(33,22(30)31)13-25-21(29)18-11-28(2)27-20(18)26-23(32)34-12-19-16-9-5-3-7-14(16)15-8-4-6-10-17(15)19/h3-11,19,33H,12-13H2,1-2H3,(H,25,29)(H,30,31)(H,26,27,32). The van der Waals surface area contributed by atoms with Gasteiger partial charge >= 0.3 is 12.1 Å². The summed E-state index contributed by atoms with van der Waals surface area (Å²) in [4.78, 5) is 36.1. The zero-order valence-electron chi connectivity index (χ0n) is 18.6. The maximum absolute atomic E-state index is 12.6. The predicted octanol–water partition coefficient (Wildman–Crippen LogP) is 2.35. The van der Waals surface area contributed by atoms with Crippen molar-refractivity contribution in [2.24, 2.45) is 7.05 Å². The van der Waals surface area contributed by atoms with Gasteiger partial charge in [0, 0.05) is 19.2 Å². The van der Waals surface area contributed by atoms with Gasteiger partial charge in [0.1, 0.15) is 12.2 Å². The minimum Gasteiger partial charge on any atom is -0.479 e. The third-order valence-electron chi connectivity index (χ3n) is 5.69. The van der Waals surface area contributed by atoms with Crippen LogP contribution in [0.15, 0.2) is 54.7 Å². The van der Waals surface area contributed by atoms with Gasteiger partial charge in [0.15, 0.2) is 11.4 Å². The van der Waals surface area contributed by atoms with Gasteiger partial charge in [-0.25, -0.2) is 9.59 Å². The maximum atomic E-state index is 12.6. The first-order valence-corrected chi connectivity index (χ1v) is 10.6. The lowest BCUT2D eigenvalue weighted by Gasteiger charge is -2.18. The van der Waals surface area contributed by atoms with Crippen LogP contribution in [-0.2, 0) is 16.6 Å². The van der Waals surface area contributed by atoms with Crippen molar-refractivity contribution in [2.75, 3.05) is 18.5 Å². The van der Waals surface area contributed by atoms with Crippen molar-refractivity contribution >= 4 is 23.8 Å². The first-order chi connectivity index (χ1) is 16.2. The Labute approximate surface area is 195 Å². The Balaban J connectivity index is 1.43. The molecule has 4 rings (SSSR count). The Hall–Kier alpha value is -4.18. The third kappa shape index (κ3) is 4.48. The highest BCUT2D eigenvalue weighted by Gasteiger charge is 2.32. The number of aryl methyl sites for hydroxylation is 1. The molecule has 0 aliphatic heterocycles. The molecule has 1 aromatic heterocycles. The molecule has 4 N–H and O–H groups in total. The van der Waals surface area contributed by atoms with Crippen molar-refractivity contribution < 1.29 is 29.3 Å². The number of carbonyl (C=O) groups is 3. The van der Waals surface area contributed by atoms with Crippen LogP contribution in [-0.4, -0.2) is 56.7 Å². The molecular weight excluding hydrogens is 440 g/mol. The summed E-state index contributed by atoms with van der Waals surface area (Å²) in [6.45, 7) is 0.630. The quantitative estimate of drug-likeness (QED) is 0.420. The van der Waals surface area contributed by atoms with E-state index in [1.54, 1.807) is 7.05 Å². The Morgan fingerprint density at radius 1 is 1.09 bits per heavy atom. The molecule has 1 aliphatic carbocycles. The normalized spacial score (nSPS) is 14.0. The van der Waals surface area contributed by atoms with Crippen molar-refractivity contribution in [1.82, 2.24) is 15.1 Å². The molecule has 0 radical (unpaired) electrons. The van der Waals surface area contributed by atoms with Crippen LogP contribution in [0.1, 0.15) is 34.3 Å². The third-order valence-corrected chi connectivity index (χ3v) is 5.69. The summed E-state index contributed by atoms with van der Waals surface area (Å²) in [5.74, 6) is -2.35. The molecule has 34 heavy (non-hydrogen) atoms. The summed E-state index contributed by atoms with van der Waals surface area (Å²) in [6, 6.07) is 15.9. The first kappa shape index (κ1) is 23.0. The van der Waals surface area contributed by atoms with E-state index in [4.69, 9.17) is 9.84 Å². The number of ether oxygens (including phenoxy) is 1. The number of carboxylic acids is 1. The van der Waals surface area contributed by atoms with Crippen molar-refractivity contribution in [3.8, 4) is 11.1 Å². The van der Waals surface area contributed by atoms with Crippen LogP contribution in [0, 0.1) is 0 Å². The number of carboxylic acid groups (broad SMARTS) is 1. The zero-order chi connectivity index (χ0) is 24.5. The number of amides is 2. The van der Waals surface area contributed by atoms with E-state index in [9.17, 15) is 19.5 Å². The van der Waals surface area contributed by atoms with Crippen LogP contribution < -0.4 is 10.6 Å². The Kier molecular flexibility index (Phi) is 6.08. The SMILES string of the molecule is Cn1cc(C(=O)NCC(C)(O)C(=O)O)c(NC(=O)OCC2c3ccccc3-c3ccccc32)n1. The molecule has 2 aromatic carbocycles. The number of fused-ring (bicyclic) bond motifs is 3. The minimum atomic E-state index is -2.14. The van der Waals surface area contributed by atoms with Gasteiger partial charge < -0.3 is 20.3 Å². The molecule has 0 saturated carbocycles. The molecule has 1 atom stereocenters. The number of hydrogen-bond donors (Lipinski definition) is 4. The second-order valence-electron chi connectivity index (χ2n) is 8.28. The summed E-state index contributed by atoms with van der Waals surface area (Å²) < 4.78 is 6.81. The highest BCUT2D eigenvalue weighted by molar-refractivity contribution is 6.01. The monoisotopic (exact) mass is 464 g/mol. The lowest BCUT2D eigenvalue weighted by Crippen LogP contribution is -2.46. The highest BCUT2D eigenvalue weighted by atomic mass is 16.5. The van der Waals surface area contributed by atoms with E-state index in [1.165, 1.54) is 10.9 Å². The van der Waals surface area contributed by atoms with E-state index in [1.807, 2.05) is 48.5 Å². The van der Waals surface area contributed by atoms with Gasteiger partial charge in [-0.3, -0.25) is 14.8 Å². The van der Waals surface area contributed by atoms with Crippen LogP contribution in [0.3, 0.4) is 0 Å². The number of rotatable bonds is 7. The second-order valence-corrected chi connectivity index (χ2v) is 8.28. The summed E-state index contributed by atoms with van der Waals surface area (Å²) in [5.41, 5.74) is 2.20. The van der Waals surface area contributed by atoms with Crippen molar-refractivity contribution in [3.63, 3.8) is 0 Å². The van der Waals surface area contributed by atoms with Crippen LogP contribution >= 0.6 is 0 Å². The lowest BCUT2D eigenvalue weighted by atomic mass is 9.98. The molecule has 10 heteroatoms. The van der Waals surface area contributed by atoms with Crippen molar-refractivity contribution in [1.29, 1.82) is 0 Å². The Morgan fingerprint density at radius 2 is 1.68 bits per heavy atom. The number of hydrogen-bond acceptors (Lipinski definition) is 6. The lowest BCUT2D eigenvalue weighted by molar-refractivity contribution is -0.155. The van der Waals surface area contributed by atoms with Gasteiger partial charge in [0.2, 0.25) is 0 Å². The molecule has 0 spiro atoms. The fourth-order valence-corrected chi connectivity index (χ4v) is 3.90. The van der Waals surface area contributed by atoms with Gasteiger partial charge in [-0.05, 0) is 29.2 Å². The van der Waals surface area contributed by atoms with E-state index < -0.39 is 30.1 Å². The van der Waals surface area contributed by atoms with Crippen molar-refractivity contribution in [3.05, 3.63) is 71.4 Å². The van der Waals surface area contributed by atoms with E-state index in [0.29, 0.717) is 0 Å². The number of carbonyl (C=O) groups excluding carboxylic acids is 2. The zero-order valence-corrected chi connectivity index (χ0v) is 18.6. The topological polar surface area (TPSA) is 143 Å². The van der Waals surface area contributed by atoms with Gasteiger partial charge in [0.25, 0.3) is 5.91 Å². The number of aliphatic hydroxyl groups is 1. The Bertz CT molecular complexity index is 1220. The molecule has 2 amide bonds. The predicted molar refractivity (Wildman–Crippen MR) is 122 cm³/mol. The summed E-state index contributed by atoms with van der Waals surface area (Å²) in [6.07, 6.45) is 0.580. The maximum Gasteiger partial charge on any atom is 0.412 e. The fraction of sp³-hybridized carbons (Fsp3) is 0.250. The minimum absolute atomic E-state index is 0.00260. The number of nitrogens with zero attached hydrogens (tertiary/aromatic N) is 2. The summed E-state index contributed by atoms with van der Waals surface area (Å²) in [5, 5.41) is 27.6. The van der Waals surface area contributed by atoms with E-state index in [0.717, 1.165) is 29.2 Å². The summed E-state index contributed by atoms with van der Waals surface area (Å²) in [7, 11) is 1.56. The number of nitrogens with one attached hydrogen (secondary N) is 2. The molecule has 1 unspecified atom stereocenters. The van der Waals surface area contributed by atoms with Crippen molar-refractivity contribution in [2.45, 2.75) is 18.4 Å². The molecule has 0 saturated heterocycles. The van der Waals surface area contributed by atoms with Crippen LogP contribution in [0.25, 0.3) is 11.1 Å². The second kappa shape index (κ2) is 8.99. The van der Waals surface area contributed by atoms with E-state index >= 15 is 0 Å². The molecule has 10 nitrogen and oxygen atoms in total. The molecule has 0 bridgehead atoms. The molecule has 3 aromatic rings. The molecule has 1 heterocycles. The Morgan fingerprint density at radius 3 is 2.26 bits per heavy atom. The number of anilines is 1. The van der Waals surface area contributed by atoms with Crippen LogP contribution in [0.5, 0.6) is 0 Å². The smallest absolute Gasteiger partial charge is 0.412 e. The molecular formula is C24H24N4O6. The number of aliphatic carboxylic acids is 1. The van der Waals surface area contributed by atoms with E-state index in [-0.39, 0.29) is 23.9 Å². The average Bonchev–Trinajstić information content (AvgIpc) is 3.33. The number of benzene rings is 2. The average molecular weight is 464 g/mol. The van der Waals surface area contributed by atoms with Gasteiger partial charge in [-0.1, -0.05) is 48.5 Å². The van der Waals surface area contributed by atoms with Gasteiger partial charge in [-0.2, -0.15) is 5.10 Å². The summed E-state index contributed by atoms with van der Waals surface area (Å²) >= 11 is 0. The molecule has 0 fully saturated rings. The van der Waals surface area contributed by atoms with Gasteiger partial charge in [-0.15, -0.1) is 0 Å². The largest absolute Gasteiger partial charge is 0.479 e. The van der Waals surface area contributed by atoms with Crippen LogP contribution in [0.2, 0.25) is 0 Å². The van der Waals surface area contributed by atoms with E-state index in [2.05, 4.69) is 15.7 Å². The first-order valence-electron chi connectivity index (χ1n) is 10.6. The highest BCUT2D eigenvalue weighted by Crippen LogP contribution is 2.44. The number of aromatic nitrogens is 2. The van der Waals surface area contributed by atoms with Crippen LogP contribution in [0.4, 0.5) is 10.6 Å². The van der Waals surface area contributed by atoms with Gasteiger partial charge in [0.05, 0.1) is 6.54 Å². The molecule has 1 aliphatic rings. The molecule has 176 valence electrons.